The first-order valence-electron chi connectivity index (χ1n) is 6.14. The predicted molar refractivity (Wildman–Crippen MR) is 74.5 cm³/mol. The average Bonchev–Trinajstić information content (AvgIpc) is 2.30. The van der Waals surface area contributed by atoms with Gasteiger partial charge >= 0.3 is 0 Å². The van der Waals surface area contributed by atoms with Crippen molar-refractivity contribution in [1.82, 2.24) is 9.97 Å². The quantitative estimate of drug-likeness (QED) is 0.886. The van der Waals surface area contributed by atoms with Crippen LogP contribution in [-0.4, -0.2) is 16.5 Å². The largest absolute Gasteiger partial charge is 0.370 e. The first-order chi connectivity index (χ1) is 9.04. The molecule has 19 heavy (non-hydrogen) atoms. The maximum Gasteiger partial charge on any atom is 0.222 e. The van der Waals surface area contributed by atoms with E-state index in [-0.39, 0.29) is 11.8 Å². The molecule has 0 bridgehead atoms. The second-order valence-electron chi connectivity index (χ2n) is 4.50. The summed E-state index contributed by atoms with van der Waals surface area (Å²) in [4.78, 5) is 8.11. The Morgan fingerprint density at radius 1 is 1.21 bits per heavy atom. The minimum absolute atomic E-state index is 0.201. The molecule has 1 aromatic carbocycles. The SMILES string of the molecule is Cc1cc(NCCc2ccc(F)cc2C)nc(N)n1. The van der Waals surface area contributed by atoms with Crippen LogP contribution in [0.2, 0.25) is 0 Å². The number of hydrogen-bond donors (Lipinski definition) is 2. The molecule has 0 aliphatic carbocycles. The smallest absolute Gasteiger partial charge is 0.222 e. The maximum absolute atomic E-state index is 13.0. The van der Waals surface area contributed by atoms with Gasteiger partial charge in [0, 0.05) is 18.3 Å². The number of aromatic nitrogens is 2. The Morgan fingerprint density at radius 2 is 2.00 bits per heavy atom. The molecule has 5 heteroatoms. The number of rotatable bonds is 4. The maximum atomic E-state index is 13.0. The molecule has 1 heterocycles. The Bertz CT molecular complexity index is 563. The molecule has 0 fully saturated rings. The molecule has 0 saturated carbocycles. The van der Waals surface area contributed by atoms with Gasteiger partial charge in [0.25, 0.3) is 0 Å². The summed E-state index contributed by atoms with van der Waals surface area (Å²) in [6.07, 6.45) is 0.801. The van der Waals surface area contributed by atoms with Gasteiger partial charge < -0.3 is 11.1 Å². The van der Waals surface area contributed by atoms with E-state index in [1.807, 2.05) is 26.0 Å². The van der Waals surface area contributed by atoms with Gasteiger partial charge in [-0.3, -0.25) is 0 Å². The molecule has 2 rings (SSSR count). The molecule has 0 atom stereocenters. The van der Waals surface area contributed by atoms with Gasteiger partial charge in [-0.1, -0.05) is 6.07 Å². The Balaban J connectivity index is 1.96. The molecular weight excluding hydrogens is 243 g/mol. The summed E-state index contributed by atoms with van der Waals surface area (Å²) in [7, 11) is 0. The molecule has 0 unspecified atom stereocenters. The molecular formula is C14H17FN4. The first-order valence-corrected chi connectivity index (χ1v) is 6.14. The van der Waals surface area contributed by atoms with Crippen molar-refractivity contribution in [2.45, 2.75) is 20.3 Å². The van der Waals surface area contributed by atoms with Gasteiger partial charge in [0.1, 0.15) is 11.6 Å². The van der Waals surface area contributed by atoms with Gasteiger partial charge in [0.15, 0.2) is 0 Å². The Labute approximate surface area is 111 Å². The highest BCUT2D eigenvalue weighted by Crippen LogP contribution is 2.12. The van der Waals surface area contributed by atoms with E-state index >= 15 is 0 Å². The van der Waals surface area contributed by atoms with Crippen molar-refractivity contribution in [3.63, 3.8) is 0 Å². The molecule has 4 nitrogen and oxygen atoms in total. The highest BCUT2D eigenvalue weighted by Gasteiger charge is 2.02. The van der Waals surface area contributed by atoms with Crippen LogP contribution in [-0.2, 0) is 6.42 Å². The number of aryl methyl sites for hydroxylation is 2. The van der Waals surface area contributed by atoms with Crippen molar-refractivity contribution in [3.8, 4) is 0 Å². The minimum Gasteiger partial charge on any atom is -0.370 e. The van der Waals surface area contributed by atoms with Crippen molar-refractivity contribution in [1.29, 1.82) is 0 Å². The van der Waals surface area contributed by atoms with Crippen LogP contribution < -0.4 is 11.1 Å². The van der Waals surface area contributed by atoms with Gasteiger partial charge in [-0.25, -0.2) is 9.37 Å². The standard InChI is InChI=1S/C14H17FN4/c1-9-7-12(15)4-3-11(9)5-6-17-13-8-10(2)18-14(16)19-13/h3-4,7-8H,5-6H2,1-2H3,(H3,16,17,18,19). The Morgan fingerprint density at radius 3 is 2.68 bits per heavy atom. The summed E-state index contributed by atoms with van der Waals surface area (Å²) in [5.74, 6) is 0.777. The molecule has 0 aliphatic heterocycles. The van der Waals surface area contributed by atoms with Crippen LogP contribution >= 0.6 is 0 Å². The molecule has 0 amide bonds. The summed E-state index contributed by atoms with van der Waals surface area (Å²) < 4.78 is 13.0. The number of hydrogen-bond acceptors (Lipinski definition) is 4. The first kappa shape index (κ1) is 13.3. The average molecular weight is 260 g/mol. The number of halogens is 1. The lowest BCUT2D eigenvalue weighted by Gasteiger charge is -2.09. The van der Waals surface area contributed by atoms with Crippen LogP contribution in [0.3, 0.4) is 0 Å². The molecule has 0 saturated heterocycles. The summed E-state index contributed by atoms with van der Waals surface area (Å²) in [6.45, 7) is 4.49. The zero-order valence-electron chi connectivity index (χ0n) is 11.1. The number of nitrogen functional groups attached to an aromatic ring is 1. The fourth-order valence-electron chi connectivity index (χ4n) is 1.95. The topological polar surface area (TPSA) is 63.8 Å². The van der Waals surface area contributed by atoms with E-state index in [9.17, 15) is 4.39 Å². The molecule has 100 valence electrons. The van der Waals surface area contributed by atoms with Crippen LogP contribution in [0.1, 0.15) is 16.8 Å². The number of nitrogens with one attached hydrogen (secondary N) is 1. The van der Waals surface area contributed by atoms with Gasteiger partial charge in [-0.2, -0.15) is 4.98 Å². The summed E-state index contributed by atoms with van der Waals surface area (Å²) in [5, 5.41) is 3.19. The predicted octanol–water partition coefficient (Wildman–Crippen LogP) is 2.47. The van der Waals surface area contributed by atoms with Gasteiger partial charge in [0.05, 0.1) is 0 Å². The molecule has 0 radical (unpaired) electrons. The third-order valence-electron chi connectivity index (χ3n) is 2.88. The number of benzene rings is 1. The van der Waals surface area contributed by atoms with Crippen LogP contribution in [0.5, 0.6) is 0 Å². The number of anilines is 2. The van der Waals surface area contributed by atoms with Crippen molar-refractivity contribution >= 4 is 11.8 Å². The summed E-state index contributed by atoms with van der Waals surface area (Å²) in [6, 6.07) is 6.68. The normalized spacial score (nSPS) is 10.5. The molecule has 1 aromatic heterocycles. The highest BCUT2D eigenvalue weighted by atomic mass is 19.1. The van der Waals surface area contributed by atoms with Crippen molar-refractivity contribution in [2.75, 3.05) is 17.6 Å². The minimum atomic E-state index is -0.201. The zero-order valence-corrected chi connectivity index (χ0v) is 11.1. The second kappa shape index (κ2) is 5.65. The van der Waals surface area contributed by atoms with Gasteiger partial charge in [-0.15, -0.1) is 0 Å². The molecule has 0 spiro atoms. The number of nitrogens with two attached hydrogens (primary N) is 1. The van der Waals surface area contributed by atoms with Crippen LogP contribution in [0.25, 0.3) is 0 Å². The third-order valence-corrected chi connectivity index (χ3v) is 2.88. The van der Waals surface area contributed by atoms with Crippen LogP contribution in [0, 0.1) is 19.7 Å². The van der Waals surface area contributed by atoms with Crippen molar-refractivity contribution < 1.29 is 4.39 Å². The molecule has 0 aliphatic rings. The van der Waals surface area contributed by atoms with E-state index in [1.54, 1.807) is 6.07 Å². The van der Waals surface area contributed by atoms with E-state index in [0.717, 1.165) is 23.2 Å². The lowest BCUT2D eigenvalue weighted by Crippen LogP contribution is -2.09. The fourth-order valence-corrected chi connectivity index (χ4v) is 1.95. The van der Waals surface area contributed by atoms with Gasteiger partial charge in [0.2, 0.25) is 5.95 Å². The fraction of sp³-hybridized carbons (Fsp3) is 0.286. The van der Waals surface area contributed by atoms with Crippen LogP contribution in [0.4, 0.5) is 16.2 Å². The summed E-state index contributed by atoms with van der Waals surface area (Å²) >= 11 is 0. The molecule has 2 aromatic rings. The van der Waals surface area contributed by atoms with E-state index < -0.39 is 0 Å². The lowest BCUT2D eigenvalue weighted by molar-refractivity contribution is 0.625. The van der Waals surface area contributed by atoms with E-state index in [1.165, 1.54) is 6.07 Å². The molecule has 3 N–H and O–H groups in total. The Kier molecular flexibility index (Phi) is 3.94. The third kappa shape index (κ3) is 3.64. The van der Waals surface area contributed by atoms with Gasteiger partial charge in [-0.05, 0) is 43.5 Å². The highest BCUT2D eigenvalue weighted by molar-refractivity contribution is 5.40. The van der Waals surface area contributed by atoms with E-state index in [2.05, 4.69) is 15.3 Å². The van der Waals surface area contributed by atoms with E-state index in [0.29, 0.717) is 12.4 Å². The Hall–Kier alpha value is -2.17. The lowest BCUT2D eigenvalue weighted by atomic mass is 10.1. The van der Waals surface area contributed by atoms with Crippen molar-refractivity contribution in [3.05, 3.63) is 46.9 Å². The van der Waals surface area contributed by atoms with Crippen LogP contribution in [0.15, 0.2) is 24.3 Å². The van der Waals surface area contributed by atoms with Crippen molar-refractivity contribution in [2.24, 2.45) is 0 Å². The zero-order chi connectivity index (χ0) is 13.8. The summed E-state index contributed by atoms with van der Waals surface area (Å²) in [5.41, 5.74) is 8.48. The monoisotopic (exact) mass is 260 g/mol. The second-order valence-corrected chi connectivity index (χ2v) is 4.50. The number of nitrogens with zero attached hydrogens (tertiary/aromatic N) is 2. The van der Waals surface area contributed by atoms with E-state index in [4.69, 9.17) is 5.73 Å².